The van der Waals surface area contributed by atoms with Gasteiger partial charge in [0, 0.05) is 0 Å². The predicted octanol–water partition coefficient (Wildman–Crippen LogP) is 0.993. The Morgan fingerprint density at radius 1 is 1.48 bits per heavy atom. The van der Waals surface area contributed by atoms with Crippen LogP contribution in [0.1, 0.15) is 29.0 Å². The first-order valence-corrected chi connectivity index (χ1v) is 6.14. The Morgan fingerprint density at radius 2 is 2.24 bits per heavy atom. The minimum Gasteiger partial charge on any atom is -0.476 e. The number of aromatic carboxylic acids is 1. The van der Waals surface area contributed by atoms with E-state index >= 15 is 0 Å². The van der Waals surface area contributed by atoms with Crippen molar-refractivity contribution in [1.29, 1.82) is 0 Å². The number of carbonyl (C=O) groups excluding carboxylic acids is 1. The van der Waals surface area contributed by atoms with E-state index in [0.717, 1.165) is 10.9 Å². The van der Waals surface area contributed by atoms with Crippen molar-refractivity contribution in [1.82, 2.24) is 20.3 Å². The number of amides is 1. The van der Waals surface area contributed by atoms with Crippen LogP contribution in [0.15, 0.2) is 30.5 Å². The molecule has 2 aromatic rings. The normalized spacial score (nSPS) is 11.9. The molecule has 110 valence electrons. The minimum absolute atomic E-state index is 0.167. The number of carbonyl (C=O) groups is 2. The van der Waals surface area contributed by atoms with Crippen molar-refractivity contribution in [3.8, 4) is 0 Å². The molecular formula is C13H13FN4O3. The molecule has 21 heavy (non-hydrogen) atoms. The molecule has 2 N–H and O–H groups in total. The van der Waals surface area contributed by atoms with Gasteiger partial charge in [-0.15, -0.1) is 5.10 Å². The Labute approximate surface area is 119 Å². The summed E-state index contributed by atoms with van der Waals surface area (Å²) in [5.41, 5.74) is 0.397. The third-order valence-corrected chi connectivity index (χ3v) is 2.79. The summed E-state index contributed by atoms with van der Waals surface area (Å²) in [6.45, 7) is 1.55. The number of rotatable bonds is 5. The summed E-state index contributed by atoms with van der Waals surface area (Å²) in [5, 5.41) is 18.3. The zero-order valence-corrected chi connectivity index (χ0v) is 11.2. The van der Waals surface area contributed by atoms with E-state index in [1.807, 2.05) is 0 Å². The average molecular weight is 292 g/mol. The summed E-state index contributed by atoms with van der Waals surface area (Å²) in [6, 6.07) is 5.54. The summed E-state index contributed by atoms with van der Waals surface area (Å²) in [4.78, 5) is 22.5. The van der Waals surface area contributed by atoms with Crippen LogP contribution in [0.2, 0.25) is 0 Å². The van der Waals surface area contributed by atoms with Gasteiger partial charge in [-0.05, 0) is 24.6 Å². The quantitative estimate of drug-likeness (QED) is 0.856. The maximum absolute atomic E-state index is 13.1. The molecule has 0 fully saturated rings. The average Bonchev–Trinajstić information content (AvgIpc) is 2.87. The van der Waals surface area contributed by atoms with Crippen LogP contribution in [0, 0.1) is 5.82 Å². The van der Waals surface area contributed by atoms with E-state index in [-0.39, 0.29) is 30.0 Å². The number of nitrogens with one attached hydrogen (secondary N) is 1. The number of halogens is 1. The number of benzene rings is 1. The summed E-state index contributed by atoms with van der Waals surface area (Å²) < 4.78 is 14.2. The molecule has 0 aliphatic heterocycles. The van der Waals surface area contributed by atoms with Crippen molar-refractivity contribution in [3.05, 3.63) is 47.5 Å². The highest BCUT2D eigenvalue weighted by atomic mass is 19.1. The first kappa shape index (κ1) is 14.6. The second-order valence-electron chi connectivity index (χ2n) is 4.45. The molecule has 0 saturated carbocycles. The highest BCUT2D eigenvalue weighted by Crippen LogP contribution is 2.13. The molecule has 0 aliphatic carbocycles. The van der Waals surface area contributed by atoms with E-state index in [1.165, 1.54) is 12.1 Å². The van der Waals surface area contributed by atoms with Crippen LogP contribution in [0.5, 0.6) is 0 Å². The van der Waals surface area contributed by atoms with Gasteiger partial charge < -0.3 is 10.4 Å². The van der Waals surface area contributed by atoms with Gasteiger partial charge in [0.05, 0.1) is 12.2 Å². The third-order valence-electron chi connectivity index (χ3n) is 2.79. The second-order valence-corrected chi connectivity index (χ2v) is 4.45. The van der Waals surface area contributed by atoms with Gasteiger partial charge in [0.15, 0.2) is 5.69 Å². The Hall–Kier alpha value is -2.77. The van der Waals surface area contributed by atoms with Gasteiger partial charge in [0.2, 0.25) is 5.91 Å². The van der Waals surface area contributed by atoms with E-state index in [2.05, 4.69) is 15.6 Å². The summed E-state index contributed by atoms with van der Waals surface area (Å²) >= 11 is 0. The lowest BCUT2D eigenvalue weighted by Crippen LogP contribution is -2.30. The monoisotopic (exact) mass is 292 g/mol. The van der Waals surface area contributed by atoms with Crippen LogP contribution in [-0.4, -0.2) is 32.0 Å². The molecule has 0 bridgehead atoms. The lowest BCUT2D eigenvalue weighted by atomic mass is 10.1. The van der Waals surface area contributed by atoms with E-state index in [1.54, 1.807) is 19.1 Å². The molecular weight excluding hydrogens is 279 g/mol. The van der Waals surface area contributed by atoms with Crippen molar-refractivity contribution >= 4 is 11.9 Å². The SMILES string of the molecule is CC(NC(=O)Cn1cc(C(=O)O)nn1)c1cccc(F)c1. The molecule has 1 amide bonds. The van der Waals surface area contributed by atoms with E-state index in [0.29, 0.717) is 5.56 Å². The topological polar surface area (TPSA) is 97.1 Å². The fourth-order valence-electron chi connectivity index (χ4n) is 1.77. The van der Waals surface area contributed by atoms with Crippen LogP contribution in [-0.2, 0) is 11.3 Å². The van der Waals surface area contributed by atoms with Crippen LogP contribution >= 0.6 is 0 Å². The lowest BCUT2D eigenvalue weighted by Gasteiger charge is -2.14. The van der Waals surface area contributed by atoms with Gasteiger partial charge in [-0.2, -0.15) is 0 Å². The van der Waals surface area contributed by atoms with Crippen LogP contribution in [0.3, 0.4) is 0 Å². The number of hydrogen-bond donors (Lipinski definition) is 2. The zero-order valence-electron chi connectivity index (χ0n) is 11.2. The number of hydrogen-bond acceptors (Lipinski definition) is 4. The van der Waals surface area contributed by atoms with Crippen LogP contribution < -0.4 is 5.32 Å². The largest absolute Gasteiger partial charge is 0.476 e. The molecule has 0 saturated heterocycles. The molecule has 0 aliphatic rings. The van der Waals surface area contributed by atoms with Crippen molar-refractivity contribution < 1.29 is 19.1 Å². The standard InChI is InChI=1S/C13H13FN4O3/c1-8(9-3-2-4-10(14)5-9)15-12(19)7-18-6-11(13(20)21)16-17-18/h2-6,8H,7H2,1H3,(H,15,19)(H,20,21). The Bertz CT molecular complexity index is 671. The molecule has 1 atom stereocenters. The van der Waals surface area contributed by atoms with Gasteiger partial charge in [-0.25, -0.2) is 13.9 Å². The molecule has 1 unspecified atom stereocenters. The first-order valence-electron chi connectivity index (χ1n) is 6.14. The van der Waals surface area contributed by atoms with E-state index < -0.39 is 5.97 Å². The Morgan fingerprint density at radius 3 is 2.86 bits per heavy atom. The molecule has 1 aromatic heterocycles. The van der Waals surface area contributed by atoms with Gasteiger partial charge in [0.1, 0.15) is 12.4 Å². The molecule has 8 heteroatoms. The first-order chi connectivity index (χ1) is 9.95. The fraction of sp³-hybridized carbons (Fsp3) is 0.231. The van der Waals surface area contributed by atoms with Crippen LogP contribution in [0.25, 0.3) is 0 Å². The van der Waals surface area contributed by atoms with Gasteiger partial charge in [-0.1, -0.05) is 17.3 Å². The minimum atomic E-state index is -1.21. The number of carboxylic acids is 1. The number of aromatic nitrogens is 3. The van der Waals surface area contributed by atoms with Crippen molar-refractivity contribution in [2.24, 2.45) is 0 Å². The van der Waals surface area contributed by atoms with E-state index in [4.69, 9.17) is 5.11 Å². The smallest absolute Gasteiger partial charge is 0.358 e. The lowest BCUT2D eigenvalue weighted by molar-refractivity contribution is -0.122. The van der Waals surface area contributed by atoms with Gasteiger partial charge >= 0.3 is 5.97 Å². The van der Waals surface area contributed by atoms with Crippen molar-refractivity contribution in [3.63, 3.8) is 0 Å². The highest BCUT2D eigenvalue weighted by Gasteiger charge is 2.13. The highest BCUT2D eigenvalue weighted by molar-refractivity contribution is 5.84. The number of nitrogens with zero attached hydrogens (tertiary/aromatic N) is 3. The third kappa shape index (κ3) is 3.85. The Balaban J connectivity index is 1.96. The summed E-state index contributed by atoms with van der Waals surface area (Å²) in [5.74, 6) is -1.97. The molecule has 1 heterocycles. The molecule has 1 aromatic carbocycles. The maximum Gasteiger partial charge on any atom is 0.358 e. The summed E-state index contributed by atoms with van der Waals surface area (Å²) in [6.07, 6.45) is 1.16. The second kappa shape index (κ2) is 6.12. The molecule has 7 nitrogen and oxygen atoms in total. The van der Waals surface area contributed by atoms with Gasteiger partial charge in [0.25, 0.3) is 0 Å². The van der Waals surface area contributed by atoms with Crippen LogP contribution in [0.4, 0.5) is 4.39 Å². The van der Waals surface area contributed by atoms with Crippen molar-refractivity contribution in [2.75, 3.05) is 0 Å². The van der Waals surface area contributed by atoms with E-state index in [9.17, 15) is 14.0 Å². The zero-order chi connectivity index (χ0) is 15.4. The fourth-order valence-corrected chi connectivity index (χ4v) is 1.77. The predicted molar refractivity (Wildman–Crippen MR) is 69.9 cm³/mol. The molecule has 0 radical (unpaired) electrons. The maximum atomic E-state index is 13.1. The molecule has 2 rings (SSSR count). The van der Waals surface area contributed by atoms with Gasteiger partial charge in [-0.3, -0.25) is 4.79 Å². The molecule has 0 spiro atoms. The van der Waals surface area contributed by atoms with Crippen molar-refractivity contribution in [2.45, 2.75) is 19.5 Å². The number of carboxylic acid groups (broad SMARTS) is 1. The summed E-state index contributed by atoms with van der Waals surface area (Å²) in [7, 11) is 0. The Kier molecular flexibility index (Phi) is 4.27.